The summed E-state index contributed by atoms with van der Waals surface area (Å²) in [4.78, 5) is 2.39. The first kappa shape index (κ1) is 13.2. The quantitative estimate of drug-likeness (QED) is 0.591. The Bertz CT molecular complexity index is 371. The minimum absolute atomic E-state index is 0.313. The van der Waals surface area contributed by atoms with Gasteiger partial charge in [0, 0.05) is 19.7 Å². The largest absolute Gasteiger partial charge is 0.491 e. The number of hydrogen-bond acceptors (Lipinski definition) is 4. The fourth-order valence-corrected chi connectivity index (χ4v) is 2.35. The molecule has 0 amide bonds. The lowest BCUT2D eigenvalue weighted by atomic mass is 10.1. The van der Waals surface area contributed by atoms with Crippen molar-refractivity contribution in [1.82, 2.24) is 4.90 Å². The molecule has 0 bridgehead atoms. The van der Waals surface area contributed by atoms with Crippen molar-refractivity contribution in [3.8, 4) is 5.75 Å². The predicted octanol–water partition coefficient (Wildman–Crippen LogP) is 1.35. The Hall–Kier alpha value is -1.26. The second-order valence-corrected chi connectivity index (χ2v) is 4.88. The molecule has 1 saturated heterocycles. The minimum atomic E-state index is 0.313. The number of nitrogens with zero attached hydrogens (tertiary/aromatic N) is 1. The lowest BCUT2D eigenvalue weighted by Crippen LogP contribution is -2.24. The Morgan fingerprint density at radius 3 is 2.94 bits per heavy atom. The van der Waals surface area contributed by atoms with Gasteiger partial charge < -0.3 is 20.5 Å². The Labute approximate surface area is 108 Å². The Kier molecular flexibility index (Phi) is 4.84. The third-order valence-electron chi connectivity index (χ3n) is 3.42. The highest BCUT2D eigenvalue weighted by Gasteiger charge is 2.20. The molecule has 1 fully saturated rings. The first-order valence-corrected chi connectivity index (χ1v) is 6.60. The monoisotopic (exact) mass is 250 g/mol. The minimum Gasteiger partial charge on any atom is -0.491 e. The smallest absolute Gasteiger partial charge is 0.142 e. The standard InChI is InChI=1S/C14H22N2O2/c15-13-4-1-2-5-14(13)18-9-3-7-16-8-6-12(10-16)11-17/h1-2,4-5,12,17H,3,6-11,15H2. The number of likely N-dealkylation sites (tertiary alicyclic amines) is 1. The summed E-state index contributed by atoms with van der Waals surface area (Å²) in [5.74, 6) is 1.24. The summed E-state index contributed by atoms with van der Waals surface area (Å²) >= 11 is 0. The molecule has 1 unspecified atom stereocenters. The van der Waals surface area contributed by atoms with Crippen LogP contribution in [0.1, 0.15) is 12.8 Å². The molecule has 1 aliphatic rings. The Morgan fingerprint density at radius 2 is 2.22 bits per heavy atom. The van der Waals surface area contributed by atoms with E-state index in [4.69, 9.17) is 15.6 Å². The van der Waals surface area contributed by atoms with Crippen LogP contribution in [-0.2, 0) is 0 Å². The molecule has 0 saturated carbocycles. The molecule has 1 aliphatic heterocycles. The van der Waals surface area contributed by atoms with Crippen molar-refractivity contribution >= 4 is 5.69 Å². The van der Waals surface area contributed by atoms with Crippen LogP contribution in [-0.4, -0.2) is 42.9 Å². The summed E-state index contributed by atoms with van der Waals surface area (Å²) in [7, 11) is 0. The molecule has 2 rings (SSSR count). The number of ether oxygens (including phenoxy) is 1. The lowest BCUT2D eigenvalue weighted by molar-refractivity contribution is 0.215. The van der Waals surface area contributed by atoms with Crippen molar-refractivity contribution in [3.63, 3.8) is 0 Å². The van der Waals surface area contributed by atoms with Gasteiger partial charge in [-0.15, -0.1) is 0 Å². The molecule has 0 radical (unpaired) electrons. The number of aliphatic hydroxyl groups is 1. The first-order valence-electron chi connectivity index (χ1n) is 6.60. The molecule has 1 aromatic carbocycles. The number of rotatable bonds is 6. The number of nitrogen functional groups attached to an aromatic ring is 1. The van der Waals surface area contributed by atoms with Crippen LogP contribution in [0.25, 0.3) is 0 Å². The van der Waals surface area contributed by atoms with Crippen molar-refractivity contribution < 1.29 is 9.84 Å². The number of nitrogens with two attached hydrogens (primary N) is 1. The summed E-state index contributed by atoms with van der Waals surface area (Å²) in [6.07, 6.45) is 2.11. The fourth-order valence-electron chi connectivity index (χ4n) is 2.35. The number of anilines is 1. The summed E-state index contributed by atoms with van der Waals surface area (Å²) in [5.41, 5.74) is 6.49. The van der Waals surface area contributed by atoms with E-state index in [1.165, 1.54) is 0 Å². The van der Waals surface area contributed by atoms with Crippen molar-refractivity contribution in [3.05, 3.63) is 24.3 Å². The Morgan fingerprint density at radius 1 is 1.39 bits per heavy atom. The predicted molar refractivity (Wildman–Crippen MR) is 72.6 cm³/mol. The van der Waals surface area contributed by atoms with E-state index >= 15 is 0 Å². The highest BCUT2D eigenvalue weighted by atomic mass is 16.5. The van der Waals surface area contributed by atoms with Gasteiger partial charge in [0.1, 0.15) is 5.75 Å². The molecule has 1 atom stereocenters. The average Bonchev–Trinajstić information content (AvgIpc) is 2.84. The van der Waals surface area contributed by atoms with Crippen LogP contribution < -0.4 is 10.5 Å². The van der Waals surface area contributed by atoms with Gasteiger partial charge in [-0.2, -0.15) is 0 Å². The summed E-state index contributed by atoms with van der Waals surface area (Å²) < 4.78 is 5.65. The fraction of sp³-hybridized carbons (Fsp3) is 0.571. The van der Waals surface area contributed by atoms with Crippen molar-refractivity contribution in [2.24, 2.45) is 5.92 Å². The van der Waals surface area contributed by atoms with Crippen LogP contribution in [0.5, 0.6) is 5.75 Å². The molecular weight excluding hydrogens is 228 g/mol. The van der Waals surface area contributed by atoms with Gasteiger partial charge in [-0.05, 0) is 37.4 Å². The van der Waals surface area contributed by atoms with E-state index in [2.05, 4.69) is 4.90 Å². The van der Waals surface area contributed by atoms with Gasteiger partial charge in [0.15, 0.2) is 0 Å². The number of para-hydroxylation sites is 2. The van der Waals surface area contributed by atoms with Gasteiger partial charge in [0.25, 0.3) is 0 Å². The third kappa shape index (κ3) is 3.62. The van der Waals surface area contributed by atoms with Crippen LogP contribution in [0.3, 0.4) is 0 Å². The van der Waals surface area contributed by atoms with E-state index in [9.17, 15) is 0 Å². The van der Waals surface area contributed by atoms with Gasteiger partial charge in [-0.1, -0.05) is 12.1 Å². The van der Waals surface area contributed by atoms with Crippen LogP contribution in [0, 0.1) is 5.92 Å². The number of benzene rings is 1. The number of aliphatic hydroxyl groups excluding tert-OH is 1. The summed E-state index contributed by atoms with van der Waals surface area (Å²) in [6, 6.07) is 7.58. The zero-order chi connectivity index (χ0) is 12.8. The zero-order valence-corrected chi connectivity index (χ0v) is 10.7. The normalized spacial score (nSPS) is 20.2. The summed E-state index contributed by atoms with van der Waals surface area (Å²) in [5, 5.41) is 9.07. The molecule has 1 heterocycles. The zero-order valence-electron chi connectivity index (χ0n) is 10.7. The van der Waals surface area contributed by atoms with Crippen LogP contribution in [0.15, 0.2) is 24.3 Å². The highest BCUT2D eigenvalue weighted by Crippen LogP contribution is 2.20. The van der Waals surface area contributed by atoms with Crippen molar-refractivity contribution in [2.45, 2.75) is 12.8 Å². The van der Waals surface area contributed by atoms with Gasteiger partial charge in [0.2, 0.25) is 0 Å². The van der Waals surface area contributed by atoms with E-state index < -0.39 is 0 Å². The highest BCUT2D eigenvalue weighted by molar-refractivity contribution is 5.51. The van der Waals surface area contributed by atoms with Crippen LogP contribution in [0.2, 0.25) is 0 Å². The number of hydrogen-bond donors (Lipinski definition) is 2. The summed E-state index contributed by atoms with van der Waals surface area (Å²) in [6.45, 7) is 4.15. The third-order valence-corrected chi connectivity index (χ3v) is 3.42. The van der Waals surface area contributed by atoms with Gasteiger partial charge >= 0.3 is 0 Å². The second-order valence-electron chi connectivity index (χ2n) is 4.88. The van der Waals surface area contributed by atoms with E-state index in [1.807, 2.05) is 24.3 Å². The molecule has 3 N–H and O–H groups in total. The molecule has 0 aromatic heterocycles. The van der Waals surface area contributed by atoms with Gasteiger partial charge in [-0.25, -0.2) is 0 Å². The molecular formula is C14H22N2O2. The molecule has 4 heteroatoms. The molecule has 4 nitrogen and oxygen atoms in total. The molecule has 18 heavy (non-hydrogen) atoms. The topological polar surface area (TPSA) is 58.7 Å². The van der Waals surface area contributed by atoms with E-state index in [0.717, 1.165) is 38.2 Å². The second kappa shape index (κ2) is 6.61. The van der Waals surface area contributed by atoms with Crippen LogP contribution in [0.4, 0.5) is 5.69 Å². The van der Waals surface area contributed by atoms with E-state index in [0.29, 0.717) is 24.8 Å². The molecule has 100 valence electrons. The van der Waals surface area contributed by atoms with E-state index in [-0.39, 0.29) is 0 Å². The van der Waals surface area contributed by atoms with Gasteiger partial charge in [0.05, 0.1) is 12.3 Å². The van der Waals surface area contributed by atoms with Crippen LogP contribution >= 0.6 is 0 Å². The molecule has 1 aromatic rings. The van der Waals surface area contributed by atoms with Crippen molar-refractivity contribution in [1.29, 1.82) is 0 Å². The molecule has 0 spiro atoms. The van der Waals surface area contributed by atoms with Gasteiger partial charge in [-0.3, -0.25) is 0 Å². The maximum absolute atomic E-state index is 9.07. The Balaban J connectivity index is 1.63. The molecule has 0 aliphatic carbocycles. The lowest BCUT2D eigenvalue weighted by Gasteiger charge is -2.15. The average molecular weight is 250 g/mol. The van der Waals surface area contributed by atoms with E-state index in [1.54, 1.807) is 0 Å². The van der Waals surface area contributed by atoms with Crippen molar-refractivity contribution in [2.75, 3.05) is 38.6 Å². The maximum Gasteiger partial charge on any atom is 0.142 e. The first-order chi connectivity index (χ1) is 8.79. The SMILES string of the molecule is Nc1ccccc1OCCCN1CCC(CO)C1. The maximum atomic E-state index is 9.07.